The van der Waals surface area contributed by atoms with E-state index in [4.69, 9.17) is 4.74 Å². The zero-order valence-electron chi connectivity index (χ0n) is 22.4. The van der Waals surface area contributed by atoms with E-state index >= 15 is 0 Å². The normalized spacial score (nSPS) is 14.8. The van der Waals surface area contributed by atoms with Gasteiger partial charge in [0.1, 0.15) is 0 Å². The van der Waals surface area contributed by atoms with Crippen LogP contribution in [-0.2, 0) is 21.3 Å². The Bertz CT molecular complexity index is 1600. The van der Waals surface area contributed by atoms with Crippen molar-refractivity contribution >= 4 is 33.2 Å². The maximum atomic E-state index is 13.9. The number of nitrogens with one attached hydrogen (secondary N) is 2. The predicted octanol–water partition coefficient (Wildman–Crippen LogP) is 5.24. The Balaban J connectivity index is 1.46. The molecule has 1 heterocycles. The number of amides is 2. The van der Waals surface area contributed by atoms with E-state index in [1.165, 1.54) is 16.4 Å². The molecule has 0 aliphatic carbocycles. The van der Waals surface area contributed by atoms with Crippen molar-refractivity contribution in [3.8, 4) is 0 Å². The molecule has 1 atom stereocenters. The lowest BCUT2D eigenvalue weighted by atomic mass is 10.1. The second-order valence-electron chi connectivity index (χ2n) is 9.67. The van der Waals surface area contributed by atoms with Crippen LogP contribution in [0.5, 0.6) is 0 Å². The van der Waals surface area contributed by atoms with Gasteiger partial charge in [-0.05, 0) is 54.8 Å². The molecule has 9 heteroatoms. The maximum absolute atomic E-state index is 13.9. The fourth-order valence-electron chi connectivity index (χ4n) is 4.74. The molecule has 0 radical (unpaired) electrons. The molecule has 0 aromatic heterocycles. The van der Waals surface area contributed by atoms with Crippen LogP contribution in [-0.4, -0.2) is 39.5 Å². The molecule has 8 nitrogen and oxygen atoms in total. The summed E-state index contributed by atoms with van der Waals surface area (Å²) in [5.74, 6) is -0.872. The third-order valence-electron chi connectivity index (χ3n) is 6.85. The standard InChI is InChI=1S/C32H31N3O5S/c36-31(33-22-25-14-11-21-40-25)27-17-7-9-19-29(27)34-32(37)28-18-8-10-20-30(28)35(23-24-12-3-1-4-13-24)41(38,39)26-15-5-2-6-16-26/h1-10,12-13,15-20,25H,11,14,21-23H2,(H,33,36)(H,34,37)/t25-/m0/s1. The zero-order valence-corrected chi connectivity index (χ0v) is 23.2. The highest BCUT2D eigenvalue weighted by Gasteiger charge is 2.29. The van der Waals surface area contributed by atoms with Gasteiger partial charge in [0.2, 0.25) is 0 Å². The molecule has 2 amide bonds. The Hall–Kier alpha value is -4.47. The molecule has 210 valence electrons. The Kier molecular flexibility index (Phi) is 8.76. The third-order valence-corrected chi connectivity index (χ3v) is 8.63. The lowest BCUT2D eigenvalue weighted by Gasteiger charge is -2.26. The number of rotatable bonds is 10. The van der Waals surface area contributed by atoms with Gasteiger partial charge >= 0.3 is 0 Å². The van der Waals surface area contributed by atoms with Gasteiger partial charge in [-0.2, -0.15) is 0 Å². The van der Waals surface area contributed by atoms with E-state index in [0.717, 1.165) is 18.4 Å². The summed E-state index contributed by atoms with van der Waals surface area (Å²) in [7, 11) is -4.04. The highest BCUT2D eigenvalue weighted by Crippen LogP contribution is 2.30. The predicted molar refractivity (Wildman–Crippen MR) is 158 cm³/mol. The highest BCUT2D eigenvalue weighted by molar-refractivity contribution is 7.92. The molecule has 2 N–H and O–H groups in total. The van der Waals surface area contributed by atoms with Gasteiger partial charge in [0.05, 0.1) is 40.0 Å². The number of carbonyl (C=O) groups is 2. The van der Waals surface area contributed by atoms with E-state index in [1.54, 1.807) is 66.7 Å². The zero-order chi connectivity index (χ0) is 28.7. The van der Waals surface area contributed by atoms with Crippen LogP contribution in [0.15, 0.2) is 114 Å². The van der Waals surface area contributed by atoms with E-state index in [9.17, 15) is 18.0 Å². The summed E-state index contributed by atoms with van der Waals surface area (Å²) < 4.78 is 34.7. The summed E-state index contributed by atoms with van der Waals surface area (Å²) in [5.41, 5.74) is 1.75. The lowest BCUT2D eigenvalue weighted by Crippen LogP contribution is -2.33. The van der Waals surface area contributed by atoms with Crippen molar-refractivity contribution in [1.82, 2.24) is 5.32 Å². The van der Waals surface area contributed by atoms with Crippen molar-refractivity contribution in [2.75, 3.05) is 22.8 Å². The molecule has 41 heavy (non-hydrogen) atoms. The van der Waals surface area contributed by atoms with Crippen LogP contribution in [0.2, 0.25) is 0 Å². The van der Waals surface area contributed by atoms with E-state index in [-0.39, 0.29) is 34.7 Å². The highest BCUT2D eigenvalue weighted by atomic mass is 32.2. The quantitative estimate of drug-likeness (QED) is 0.272. The largest absolute Gasteiger partial charge is 0.376 e. The average Bonchev–Trinajstić information content (AvgIpc) is 3.54. The number of hydrogen-bond acceptors (Lipinski definition) is 5. The Morgan fingerprint density at radius 1 is 0.780 bits per heavy atom. The number of para-hydroxylation sites is 2. The molecule has 0 saturated carbocycles. The van der Waals surface area contributed by atoms with Crippen LogP contribution in [0, 0.1) is 0 Å². The first kappa shape index (κ1) is 28.1. The molecule has 0 spiro atoms. The van der Waals surface area contributed by atoms with Crippen molar-refractivity contribution in [3.05, 3.63) is 126 Å². The van der Waals surface area contributed by atoms with Crippen molar-refractivity contribution in [2.24, 2.45) is 0 Å². The number of benzene rings is 4. The number of sulfonamides is 1. The summed E-state index contributed by atoms with van der Waals surface area (Å²) in [6.45, 7) is 1.09. The molecule has 0 unspecified atom stereocenters. The molecule has 1 fully saturated rings. The Morgan fingerprint density at radius 3 is 2.12 bits per heavy atom. The smallest absolute Gasteiger partial charge is 0.264 e. The Morgan fingerprint density at radius 2 is 1.41 bits per heavy atom. The van der Waals surface area contributed by atoms with Crippen LogP contribution in [0.4, 0.5) is 11.4 Å². The Labute approximate surface area is 240 Å². The number of carbonyl (C=O) groups excluding carboxylic acids is 2. The molecule has 1 saturated heterocycles. The first-order valence-electron chi connectivity index (χ1n) is 13.4. The molecule has 1 aliphatic rings. The van der Waals surface area contributed by atoms with Gasteiger partial charge in [-0.15, -0.1) is 0 Å². The first-order chi connectivity index (χ1) is 19.9. The van der Waals surface area contributed by atoms with Gasteiger partial charge in [0.15, 0.2) is 0 Å². The summed E-state index contributed by atoms with van der Waals surface area (Å²) in [6.07, 6.45) is 1.84. The minimum atomic E-state index is -4.04. The van der Waals surface area contributed by atoms with Gasteiger partial charge in [-0.25, -0.2) is 8.42 Å². The molecule has 5 rings (SSSR count). The summed E-state index contributed by atoms with van der Waals surface area (Å²) >= 11 is 0. The van der Waals surface area contributed by atoms with E-state index in [1.807, 2.05) is 30.3 Å². The number of nitrogens with zero attached hydrogens (tertiary/aromatic N) is 1. The van der Waals surface area contributed by atoms with Gasteiger partial charge in [0.25, 0.3) is 21.8 Å². The van der Waals surface area contributed by atoms with Crippen molar-refractivity contribution in [2.45, 2.75) is 30.4 Å². The summed E-state index contributed by atoms with van der Waals surface area (Å²) in [4.78, 5) is 26.8. The monoisotopic (exact) mass is 569 g/mol. The van der Waals surface area contributed by atoms with Crippen LogP contribution in [0.1, 0.15) is 39.1 Å². The molecule has 4 aromatic rings. The van der Waals surface area contributed by atoms with Crippen molar-refractivity contribution < 1.29 is 22.7 Å². The second-order valence-corrected chi connectivity index (χ2v) is 11.5. The number of anilines is 2. The number of hydrogen-bond donors (Lipinski definition) is 2. The lowest BCUT2D eigenvalue weighted by molar-refractivity contribution is 0.0858. The molecule has 1 aliphatic heterocycles. The number of ether oxygens (including phenoxy) is 1. The van der Waals surface area contributed by atoms with E-state index < -0.39 is 15.9 Å². The van der Waals surface area contributed by atoms with Gasteiger partial charge in [-0.1, -0.05) is 72.8 Å². The fourth-order valence-corrected chi connectivity index (χ4v) is 6.23. The second kappa shape index (κ2) is 12.8. The van der Waals surface area contributed by atoms with Gasteiger partial charge in [0, 0.05) is 13.2 Å². The molecule has 0 bridgehead atoms. The fraction of sp³-hybridized carbons (Fsp3) is 0.188. The van der Waals surface area contributed by atoms with Gasteiger partial charge in [-0.3, -0.25) is 13.9 Å². The van der Waals surface area contributed by atoms with Crippen LogP contribution >= 0.6 is 0 Å². The molecule has 4 aromatic carbocycles. The third kappa shape index (κ3) is 6.65. The van der Waals surface area contributed by atoms with E-state index in [2.05, 4.69) is 10.6 Å². The minimum Gasteiger partial charge on any atom is -0.376 e. The molecular weight excluding hydrogens is 538 g/mol. The van der Waals surface area contributed by atoms with Crippen LogP contribution in [0.25, 0.3) is 0 Å². The van der Waals surface area contributed by atoms with Gasteiger partial charge < -0.3 is 15.4 Å². The average molecular weight is 570 g/mol. The molecular formula is C32H31N3O5S. The summed E-state index contributed by atoms with van der Waals surface area (Å²) in [5, 5.41) is 5.72. The van der Waals surface area contributed by atoms with Crippen molar-refractivity contribution in [3.63, 3.8) is 0 Å². The van der Waals surface area contributed by atoms with Crippen LogP contribution < -0.4 is 14.9 Å². The minimum absolute atomic E-state index is 0.0184. The summed E-state index contributed by atoms with van der Waals surface area (Å²) in [6, 6.07) is 30.6. The van der Waals surface area contributed by atoms with Crippen molar-refractivity contribution in [1.29, 1.82) is 0 Å². The van der Waals surface area contributed by atoms with Crippen LogP contribution in [0.3, 0.4) is 0 Å². The SMILES string of the molecule is O=C(NC[C@@H]1CCCO1)c1ccccc1NC(=O)c1ccccc1N(Cc1ccccc1)S(=O)(=O)c1ccccc1. The first-order valence-corrected chi connectivity index (χ1v) is 14.9. The maximum Gasteiger partial charge on any atom is 0.264 e. The topological polar surface area (TPSA) is 105 Å². The van der Waals surface area contributed by atoms with E-state index in [0.29, 0.717) is 24.4 Å².